The van der Waals surface area contributed by atoms with Gasteiger partial charge in [-0.2, -0.15) is 5.10 Å². The van der Waals surface area contributed by atoms with Crippen molar-refractivity contribution in [3.05, 3.63) is 76.6 Å². The SMILES string of the molecule is COc1ccccc1/C=N\Nc1ncc(-c2ccc([N+](=O)[O-])cc2)cn1. The van der Waals surface area contributed by atoms with Gasteiger partial charge in [0.15, 0.2) is 0 Å². The average molecular weight is 349 g/mol. The third-order valence-electron chi connectivity index (χ3n) is 3.57. The number of benzene rings is 2. The molecule has 0 fully saturated rings. The van der Waals surface area contributed by atoms with E-state index in [0.717, 1.165) is 16.7 Å². The van der Waals surface area contributed by atoms with Crippen LogP contribution in [0.15, 0.2) is 66.0 Å². The number of nitrogens with zero attached hydrogens (tertiary/aromatic N) is 4. The van der Waals surface area contributed by atoms with Gasteiger partial charge in [-0.05, 0) is 29.8 Å². The van der Waals surface area contributed by atoms with Crippen molar-refractivity contribution in [2.45, 2.75) is 0 Å². The van der Waals surface area contributed by atoms with Crippen LogP contribution in [-0.4, -0.2) is 28.2 Å². The Kier molecular flexibility index (Phi) is 5.14. The average Bonchev–Trinajstić information content (AvgIpc) is 2.69. The predicted octanol–water partition coefficient (Wildman–Crippen LogP) is 3.51. The summed E-state index contributed by atoms with van der Waals surface area (Å²) >= 11 is 0. The van der Waals surface area contributed by atoms with Gasteiger partial charge in [0.2, 0.25) is 5.95 Å². The molecule has 0 unspecified atom stereocenters. The Hall–Kier alpha value is -3.81. The van der Waals surface area contributed by atoms with Crippen LogP contribution in [0.25, 0.3) is 11.1 Å². The first-order valence-electron chi connectivity index (χ1n) is 7.66. The molecular weight excluding hydrogens is 334 g/mol. The van der Waals surface area contributed by atoms with Gasteiger partial charge in [0.25, 0.3) is 5.69 Å². The zero-order chi connectivity index (χ0) is 18.4. The van der Waals surface area contributed by atoms with E-state index in [4.69, 9.17) is 4.74 Å². The Morgan fingerprint density at radius 1 is 1.08 bits per heavy atom. The van der Waals surface area contributed by atoms with Crippen molar-refractivity contribution >= 4 is 17.9 Å². The number of hydrogen-bond donors (Lipinski definition) is 1. The highest BCUT2D eigenvalue weighted by atomic mass is 16.6. The Morgan fingerprint density at radius 3 is 2.42 bits per heavy atom. The fourth-order valence-electron chi connectivity index (χ4n) is 2.24. The smallest absolute Gasteiger partial charge is 0.269 e. The monoisotopic (exact) mass is 349 g/mol. The second kappa shape index (κ2) is 7.84. The third-order valence-corrected chi connectivity index (χ3v) is 3.57. The molecule has 0 radical (unpaired) electrons. The molecule has 1 heterocycles. The summed E-state index contributed by atoms with van der Waals surface area (Å²) in [6.45, 7) is 0. The number of rotatable bonds is 6. The van der Waals surface area contributed by atoms with Gasteiger partial charge in [0.05, 0.1) is 18.2 Å². The lowest BCUT2D eigenvalue weighted by Gasteiger charge is -2.04. The summed E-state index contributed by atoms with van der Waals surface area (Å²) in [4.78, 5) is 18.6. The lowest BCUT2D eigenvalue weighted by atomic mass is 10.1. The van der Waals surface area contributed by atoms with Crippen LogP contribution in [0.5, 0.6) is 5.75 Å². The number of non-ortho nitro benzene ring substituents is 1. The van der Waals surface area contributed by atoms with Gasteiger partial charge >= 0.3 is 0 Å². The summed E-state index contributed by atoms with van der Waals surface area (Å²) in [5.74, 6) is 1.05. The van der Waals surface area contributed by atoms with Crippen molar-refractivity contribution in [3.8, 4) is 16.9 Å². The normalized spacial score (nSPS) is 10.7. The maximum atomic E-state index is 10.7. The van der Waals surface area contributed by atoms with Gasteiger partial charge < -0.3 is 4.74 Å². The molecule has 0 aliphatic carbocycles. The fraction of sp³-hybridized carbons (Fsp3) is 0.0556. The number of para-hydroxylation sites is 1. The summed E-state index contributed by atoms with van der Waals surface area (Å²) in [5, 5.41) is 14.8. The molecule has 0 aliphatic rings. The third kappa shape index (κ3) is 3.99. The largest absolute Gasteiger partial charge is 0.496 e. The molecule has 8 nitrogen and oxygen atoms in total. The first kappa shape index (κ1) is 17.0. The number of methoxy groups -OCH3 is 1. The molecule has 0 saturated heterocycles. The summed E-state index contributed by atoms with van der Waals surface area (Å²) in [6, 6.07) is 13.7. The van der Waals surface area contributed by atoms with Crippen LogP contribution in [0.2, 0.25) is 0 Å². The van der Waals surface area contributed by atoms with Gasteiger partial charge in [-0.15, -0.1) is 0 Å². The molecule has 0 bridgehead atoms. The Bertz CT molecular complexity index is 924. The lowest BCUT2D eigenvalue weighted by molar-refractivity contribution is -0.384. The molecule has 3 aromatic rings. The van der Waals surface area contributed by atoms with Crippen molar-refractivity contribution in [2.24, 2.45) is 5.10 Å². The minimum atomic E-state index is -0.437. The summed E-state index contributed by atoms with van der Waals surface area (Å²) < 4.78 is 5.24. The maximum absolute atomic E-state index is 10.7. The topological polar surface area (TPSA) is 103 Å². The second-order valence-electron chi connectivity index (χ2n) is 5.21. The molecule has 130 valence electrons. The summed E-state index contributed by atoms with van der Waals surface area (Å²) in [6.07, 6.45) is 4.86. The molecule has 1 aromatic heterocycles. The fourth-order valence-corrected chi connectivity index (χ4v) is 2.24. The predicted molar refractivity (Wildman–Crippen MR) is 98.3 cm³/mol. The number of nitrogens with one attached hydrogen (secondary N) is 1. The molecule has 2 aromatic carbocycles. The van der Waals surface area contributed by atoms with E-state index in [0.29, 0.717) is 11.7 Å². The van der Waals surface area contributed by atoms with E-state index < -0.39 is 4.92 Å². The number of anilines is 1. The Balaban J connectivity index is 1.68. The van der Waals surface area contributed by atoms with Gasteiger partial charge in [0.1, 0.15) is 5.75 Å². The van der Waals surface area contributed by atoms with Crippen molar-refractivity contribution in [1.29, 1.82) is 0 Å². The van der Waals surface area contributed by atoms with Gasteiger partial charge in [-0.3, -0.25) is 10.1 Å². The van der Waals surface area contributed by atoms with E-state index in [-0.39, 0.29) is 5.69 Å². The van der Waals surface area contributed by atoms with E-state index in [1.54, 1.807) is 37.9 Å². The zero-order valence-electron chi connectivity index (χ0n) is 13.9. The van der Waals surface area contributed by atoms with E-state index in [1.165, 1.54) is 12.1 Å². The number of hydrogen-bond acceptors (Lipinski definition) is 7. The van der Waals surface area contributed by atoms with Crippen molar-refractivity contribution < 1.29 is 9.66 Å². The van der Waals surface area contributed by atoms with Crippen LogP contribution < -0.4 is 10.2 Å². The highest BCUT2D eigenvalue weighted by Crippen LogP contribution is 2.21. The number of nitro groups is 1. The van der Waals surface area contributed by atoms with Crippen molar-refractivity contribution in [2.75, 3.05) is 12.5 Å². The molecule has 1 N–H and O–H groups in total. The summed E-state index contributed by atoms with van der Waals surface area (Å²) in [7, 11) is 1.60. The molecule has 0 spiro atoms. The van der Waals surface area contributed by atoms with E-state index in [9.17, 15) is 10.1 Å². The van der Waals surface area contributed by atoms with Crippen LogP contribution in [0.3, 0.4) is 0 Å². The molecule has 8 heteroatoms. The van der Waals surface area contributed by atoms with Crippen molar-refractivity contribution in [1.82, 2.24) is 9.97 Å². The molecule has 3 rings (SSSR count). The van der Waals surface area contributed by atoms with Crippen LogP contribution in [-0.2, 0) is 0 Å². The Morgan fingerprint density at radius 2 is 1.77 bits per heavy atom. The summed E-state index contributed by atoms with van der Waals surface area (Å²) in [5.41, 5.74) is 5.15. The minimum Gasteiger partial charge on any atom is -0.496 e. The molecule has 0 aliphatic heterocycles. The second-order valence-corrected chi connectivity index (χ2v) is 5.21. The zero-order valence-corrected chi connectivity index (χ0v) is 13.9. The Labute approximate surface area is 149 Å². The number of aromatic nitrogens is 2. The van der Waals surface area contributed by atoms with Gasteiger partial charge in [0, 0.05) is 35.7 Å². The first-order chi connectivity index (χ1) is 12.7. The standard InChI is InChI=1S/C18H15N5O3/c1-26-17-5-3-2-4-14(17)12-21-22-18-19-10-15(11-20-18)13-6-8-16(9-7-13)23(24)25/h2-12H,1H3,(H,19,20,22)/b21-12-. The van der Waals surface area contributed by atoms with Crippen molar-refractivity contribution in [3.63, 3.8) is 0 Å². The van der Waals surface area contributed by atoms with Crippen LogP contribution in [0.4, 0.5) is 11.6 Å². The van der Waals surface area contributed by atoms with Crippen LogP contribution >= 0.6 is 0 Å². The minimum absolute atomic E-state index is 0.0404. The molecular formula is C18H15N5O3. The maximum Gasteiger partial charge on any atom is 0.269 e. The number of nitro benzene ring substituents is 1. The molecule has 26 heavy (non-hydrogen) atoms. The number of ether oxygens (including phenoxy) is 1. The highest BCUT2D eigenvalue weighted by Gasteiger charge is 2.06. The molecule has 0 amide bonds. The number of hydrazone groups is 1. The van der Waals surface area contributed by atoms with Gasteiger partial charge in [-0.25, -0.2) is 15.4 Å². The van der Waals surface area contributed by atoms with Crippen LogP contribution in [0.1, 0.15) is 5.56 Å². The molecule has 0 atom stereocenters. The lowest BCUT2D eigenvalue weighted by Crippen LogP contribution is -1.97. The quantitative estimate of drug-likeness (QED) is 0.415. The van der Waals surface area contributed by atoms with Crippen LogP contribution in [0, 0.1) is 10.1 Å². The van der Waals surface area contributed by atoms with Gasteiger partial charge in [-0.1, -0.05) is 12.1 Å². The van der Waals surface area contributed by atoms with E-state index in [2.05, 4.69) is 20.5 Å². The van der Waals surface area contributed by atoms with E-state index in [1.807, 2.05) is 24.3 Å². The molecule has 0 saturated carbocycles. The highest BCUT2D eigenvalue weighted by molar-refractivity contribution is 5.83. The first-order valence-corrected chi connectivity index (χ1v) is 7.66. The van der Waals surface area contributed by atoms with E-state index >= 15 is 0 Å².